The van der Waals surface area contributed by atoms with Crippen LogP contribution in [-0.4, -0.2) is 11.9 Å². The normalized spacial score (nSPS) is 38.1. The Bertz CT molecular complexity index is 545. The van der Waals surface area contributed by atoms with Gasteiger partial charge in [0.05, 0.1) is 5.56 Å². The third-order valence-corrected chi connectivity index (χ3v) is 6.64. The fraction of sp³-hybridized carbons (Fsp3) is 0.533. The third-order valence-electron chi connectivity index (χ3n) is 5.21. The molecule has 0 aliphatic heterocycles. The number of hydrogen-bond acceptors (Lipinski definition) is 1. The molecular formula is C15H15BrINO. The minimum atomic E-state index is 0.101. The van der Waals surface area contributed by atoms with Gasteiger partial charge in [-0.2, -0.15) is 0 Å². The Kier molecular flexibility index (Phi) is 2.96. The number of carbonyl (C=O) groups excluding carboxylic acids is 1. The van der Waals surface area contributed by atoms with E-state index in [1.165, 1.54) is 19.3 Å². The molecule has 1 N–H and O–H groups in total. The van der Waals surface area contributed by atoms with Gasteiger partial charge in [0.25, 0.3) is 5.91 Å². The van der Waals surface area contributed by atoms with Crippen molar-refractivity contribution >= 4 is 44.4 Å². The molecule has 1 aromatic rings. The molecule has 3 fully saturated rings. The second-order valence-corrected chi connectivity index (χ2v) is 8.19. The monoisotopic (exact) mass is 431 g/mol. The van der Waals surface area contributed by atoms with Crippen LogP contribution in [0, 0.1) is 27.2 Å². The zero-order valence-electron chi connectivity index (χ0n) is 10.4. The molecule has 19 heavy (non-hydrogen) atoms. The molecule has 2 bridgehead atoms. The summed E-state index contributed by atoms with van der Waals surface area (Å²) >= 11 is 5.67. The number of fused-ring (bicyclic) bond motifs is 5. The Morgan fingerprint density at radius 1 is 1.26 bits per heavy atom. The van der Waals surface area contributed by atoms with E-state index in [-0.39, 0.29) is 5.91 Å². The highest BCUT2D eigenvalue weighted by molar-refractivity contribution is 14.1. The second kappa shape index (κ2) is 4.45. The maximum Gasteiger partial charge on any atom is 0.252 e. The lowest BCUT2D eigenvalue weighted by Gasteiger charge is -2.11. The molecule has 4 unspecified atom stereocenters. The highest BCUT2D eigenvalue weighted by Gasteiger charge is 2.65. The molecule has 4 atom stereocenters. The van der Waals surface area contributed by atoms with Crippen molar-refractivity contribution in [2.75, 3.05) is 0 Å². The summed E-state index contributed by atoms with van der Waals surface area (Å²) in [6.07, 6.45) is 4.22. The van der Waals surface area contributed by atoms with E-state index in [2.05, 4.69) is 43.8 Å². The number of benzene rings is 1. The lowest BCUT2D eigenvalue weighted by atomic mass is 10.0. The summed E-state index contributed by atoms with van der Waals surface area (Å²) in [4.78, 5) is 12.4. The van der Waals surface area contributed by atoms with Crippen molar-refractivity contribution in [3.63, 3.8) is 0 Å². The zero-order valence-corrected chi connectivity index (χ0v) is 14.1. The molecule has 0 heterocycles. The topological polar surface area (TPSA) is 29.1 Å². The number of carbonyl (C=O) groups is 1. The molecule has 0 radical (unpaired) electrons. The van der Waals surface area contributed by atoms with E-state index in [9.17, 15) is 4.79 Å². The maximum atomic E-state index is 12.4. The number of hydrogen-bond donors (Lipinski definition) is 1. The minimum Gasteiger partial charge on any atom is -0.349 e. The van der Waals surface area contributed by atoms with Crippen LogP contribution in [0.25, 0.3) is 0 Å². The first-order chi connectivity index (χ1) is 9.15. The second-order valence-electron chi connectivity index (χ2n) is 6.11. The fourth-order valence-electron chi connectivity index (χ4n) is 4.42. The summed E-state index contributed by atoms with van der Waals surface area (Å²) in [5, 5.41) is 3.28. The van der Waals surface area contributed by atoms with Crippen LogP contribution in [0.2, 0.25) is 0 Å². The van der Waals surface area contributed by atoms with Gasteiger partial charge in [-0.3, -0.25) is 4.79 Å². The van der Waals surface area contributed by atoms with Gasteiger partial charge in [-0.05, 0) is 83.7 Å². The predicted molar refractivity (Wildman–Crippen MR) is 85.9 cm³/mol. The number of rotatable bonds is 2. The number of amides is 1. The van der Waals surface area contributed by atoms with E-state index in [0.29, 0.717) is 6.04 Å². The Morgan fingerprint density at radius 2 is 1.95 bits per heavy atom. The molecule has 1 amide bonds. The van der Waals surface area contributed by atoms with Crippen molar-refractivity contribution in [2.24, 2.45) is 23.7 Å². The lowest BCUT2D eigenvalue weighted by Crippen LogP contribution is -2.30. The molecular weight excluding hydrogens is 417 g/mol. The van der Waals surface area contributed by atoms with Gasteiger partial charge in [-0.25, -0.2) is 0 Å². The zero-order chi connectivity index (χ0) is 13.1. The summed E-state index contributed by atoms with van der Waals surface area (Å²) in [6.45, 7) is 0. The van der Waals surface area contributed by atoms with Crippen LogP contribution in [0.1, 0.15) is 29.6 Å². The molecule has 3 aliphatic rings. The fourth-order valence-corrected chi connectivity index (χ4v) is 5.36. The Morgan fingerprint density at radius 3 is 2.63 bits per heavy atom. The van der Waals surface area contributed by atoms with Gasteiger partial charge in [-0.1, -0.05) is 15.9 Å². The van der Waals surface area contributed by atoms with Crippen molar-refractivity contribution in [2.45, 2.75) is 25.3 Å². The maximum absolute atomic E-state index is 12.4. The summed E-state index contributed by atoms with van der Waals surface area (Å²) in [6, 6.07) is 6.35. The third kappa shape index (κ3) is 1.97. The van der Waals surface area contributed by atoms with E-state index < -0.39 is 0 Å². The summed E-state index contributed by atoms with van der Waals surface area (Å²) < 4.78 is 1.99. The van der Waals surface area contributed by atoms with Crippen molar-refractivity contribution < 1.29 is 4.79 Å². The van der Waals surface area contributed by atoms with E-state index >= 15 is 0 Å². The van der Waals surface area contributed by atoms with Crippen LogP contribution < -0.4 is 5.32 Å². The molecule has 4 rings (SSSR count). The lowest BCUT2D eigenvalue weighted by molar-refractivity contribution is 0.0943. The Labute approximate surface area is 135 Å². The summed E-state index contributed by atoms with van der Waals surface area (Å²) in [5.41, 5.74) is 0.798. The van der Waals surface area contributed by atoms with Gasteiger partial charge in [0, 0.05) is 14.1 Å². The molecule has 4 heteroatoms. The standard InChI is InChI=1S/C15H15BrINO/c16-9-3-4-11(17)10(6-9)15(19)18-14-12-7-1-2-8(5-7)13(12)14/h3-4,6-8,12-14H,1-2,5H2,(H,18,19). The number of nitrogens with one attached hydrogen (secondary N) is 1. The van der Waals surface area contributed by atoms with Gasteiger partial charge >= 0.3 is 0 Å². The van der Waals surface area contributed by atoms with E-state index in [1.54, 1.807) is 0 Å². The molecule has 100 valence electrons. The van der Waals surface area contributed by atoms with Gasteiger partial charge in [-0.15, -0.1) is 0 Å². The summed E-state index contributed by atoms with van der Waals surface area (Å²) in [5.74, 6) is 3.51. The highest BCUT2D eigenvalue weighted by atomic mass is 127. The van der Waals surface area contributed by atoms with Crippen LogP contribution >= 0.6 is 38.5 Å². The van der Waals surface area contributed by atoms with Crippen molar-refractivity contribution in [3.05, 3.63) is 31.8 Å². The average Bonchev–Trinajstić information content (AvgIpc) is 2.80. The van der Waals surface area contributed by atoms with Gasteiger partial charge < -0.3 is 5.32 Å². The Hall–Kier alpha value is -0.100. The first kappa shape index (κ1) is 12.6. The summed E-state index contributed by atoms with van der Waals surface area (Å²) in [7, 11) is 0. The predicted octanol–water partition coefficient (Wildman–Crippen LogP) is 3.83. The molecule has 0 saturated heterocycles. The van der Waals surface area contributed by atoms with Crippen LogP contribution in [0.15, 0.2) is 22.7 Å². The number of halogens is 2. The SMILES string of the molecule is O=C(NC1C2C3CCC(C3)C12)c1cc(Br)ccc1I. The van der Waals surface area contributed by atoms with E-state index in [1.807, 2.05) is 18.2 Å². The van der Waals surface area contributed by atoms with Gasteiger partial charge in [0.15, 0.2) is 0 Å². The van der Waals surface area contributed by atoms with Gasteiger partial charge in [0.2, 0.25) is 0 Å². The van der Waals surface area contributed by atoms with Crippen molar-refractivity contribution in [1.82, 2.24) is 5.32 Å². The van der Waals surface area contributed by atoms with Gasteiger partial charge in [0.1, 0.15) is 0 Å². The molecule has 0 spiro atoms. The Balaban J connectivity index is 1.50. The molecule has 3 aliphatic carbocycles. The first-order valence-corrected chi connectivity index (χ1v) is 8.78. The molecule has 2 nitrogen and oxygen atoms in total. The first-order valence-electron chi connectivity index (χ1n) is 6.91. The smallest absolute Gasteiger partial charge is 0.252 e. The van der Waals surface area contributed by atoms with Crippen LogP contribution in [-0.2, 0) is 0 Å². The molecule has 1 aromatic carbocycles. The molecule has 0 aromatic heterocycles. The van der Waals surface area contributed by atoms with Crippen LogP contribution in [0.5, 0.6) is 0 Å². The van der Waals surface area contributed by atoms with E-state index in [0.717, 1.165) is 37.3 Å². The van der Waals surface area contributed by atoms with E-state index in [4.69, 9.17) is 0 Å². The van der Waals surface area contributed by atoms with Crippen molar-refractivity contribution in [3.8, 4) is 0 Å². The average molecular weight is 432 g/mol. The molecule has 3 saturated carbocycles. The van der Waals surface area contributed by atoms with Crippen molar-refractivity contribution in [1.29, 1.82) is 0 Å². The van der Waals surface area contributed by atoms with Crippen LogP contribution in [0.3, 0.4) is 0 Å². The van der Waals surface area contributed by atoms with Crippen LogP contribution in [0.4, 0.5) is 0 Å². The largest absolute Gasteiger partial charge is 0.349 e. The quantitative estimate of drug-likeness (QED) is 0.708. The highest BCUT2D eigenvalue weighted by Crippen LogP contribution is 2.65. The minimum absolute atomic E-state index is 0.101.